The molecule has 1 unspecified atom stereocenters. The van der Waals surface area contributed by atoms with E-state index in [0.717, 1.165) is 31.7 Å². The number of benzene rings is 2. The molecule has 1 aliphatic heterocycles. The molecule has 1 saturated heterocycles. The van der Waals surface area contributed by atoms with Crippen molar-refractivity contribution < 1.29 is 33.3 Å². The van der Waals surface area contributed by atoms with Gasteiger partial charge in [0.25, 0.3) is 0 Å². The van der Waals surface area contributed by atoms with Crippen LogP contribution < -0.4 is 4.90 Å². The number of sulfone groups is 1. The smallest absolute Gasteiger partial charge is 0.328 e. The van der Waals surface area contributed by atoms with Gasteiger partial charge in [-0.05, 0) is 36.8 Å². The Morgan fingerprint density at radius 2 is 1.41 bits per heavy atom. The molecule has 0 amide bonds. The number of aliphatic hydroxyl groups is 1. The van der Waals surface area contributed by atoms with Crippen LogP contribution in [-0.2, 0) is 19.4 Å². The maximum atomic E-state index is 11.5. The number of piperazine rings is 1. The quantitative estimate of drug-likeness (QED) is 0.498. The molecule has 0 radical (unpaired) electrons. The van der Waals surface area contributed by atoms with Crippen LogP contribution in [0, 0.1) is 6.92 Å². The first-order chi connectivity index (χ1) is 16.0. The van der Waals surface area contributed by atoms with Gasteiger partial charge in [0.1, 0.15) is 0 Å². The van der Waals surface area contributed by atoms with E-state index in [2.05, 4.69) is 41.0 Å². The van der Waals surface area contributed by atoms with Crippen LogP contribution in [0.1, 0.15) is 17.2 Å². The Bertz CT molecular complexity index is 1070. The molecule has 10 heteroatoms. The number of carboxylic acid groups (broad SMARTS) is 2. The van der Waals surface area contributed by atoms with E-state index in [1.165, 1.54) is 17.5 Å². The fraction of sp³-hybridized carbons (Fsp3) is 0.333. The van der Waals surface area contributed by atoms with Crippen molar-refractivity contribution in [2.24, 2.45) is 0 Å². The van der Waals surface area contributed by atoms with Gasteiger partial charge in [0.15, 0.2) is 9.84 Å². The van der Waals surface area contributed by atoms with E-state index in [1.54, 1.807) is 24.3 Å². The zero-order chi connectivity index (χ0) is 25.3. The summed E-state index contributed by atoms with van der Waals surface area (Å²) < 4.78 is 23.0. The molecule has 0 aliphatic carbocycles. The van der Waals surface area contributed by atoms with E-state index in [9.17, 15) is 23.1 Å². The fourth-order valence-electron chi connectivity index (χ4n) is 3.37. The van der Waals surface area contributed by atoms with E-state index in [-0.39, 0.29) is 4.90 Å². The van der Waals surface area contributed by atoms with Crippen molar-refractivity contribution in [1.82, 2.24) is 4.90 Å². The summed E-state index contributed by atoms with van der Waals surface area (Å²) in [5.41, 5.74) is 3.25. The molecule has 1 fully saturated rings. The van der Waals surface area contributed by atoms with Gasteiger partial charge in [0.05, 0.1) is 11.0 Å². The van der Waals surface area contributed by atoms with Crippen molar-refractivity contribution in [1.29, 1.82) is 0 Å². The third-order valence-electron chi connectivity index (χ3n) is 5.26. The second-order valence-electron chi connectivity index (χ2n) is 7.99. The molecule has 0 spiro atoms. The number of carbonyl (C=O) groups is 2. The zero-order valence-corrected chi connectivity index (χ0v) is 20.0. The number of aryl methyl sites for hydroxylation is 1. The summed E-state index contributed by atoms with van der Waals surface area (Å²) >= 11 is 0. The Morgan fingerprint density at radius 3 is 1.85 bits per heavy atom. The fourth-order valence-corrected chi connectivity index (χ4v) is 4.00. The predicted molar refractivity (Wildman–Crippen MR) is 129 cm³/mol. The zero-order valence-electron chi connectivity index (χ0n) is 19.2. The van der Waals surface area contributed by atoms with Gasteiger partial charge in [-0.15, -0.1) is 0 Å². The molecule has 34 heavy (non-hydrogen) atoms. The summed E-state index contributed by atoms with van der Waals surface area (Å²) in [4.78, 5) is 24.0. The topological polar surface area (TPSA) is 135 Å². The van der Waals surface area contributed by atoms with Crippen LogP contribution in [-0.4, -0.2) is 79.6 Å². The van der Waals surface area contributed by atoms with Crippen LogP contribution in [0.5, 0.6) is 0 Å². The highest BCUT2D eigenvalue weighted by Gasteiger charge is 2.20. The van der Waals surface area contributed by atoms with Crippen LogP contribution in [0.4, 0.5) is 5.69 Å². The molecule has 1 heterocycles. The van der Waals surface area contributed by atoms with Crippen molar-refractivity contribution >= 4 is 27.5 Å². The van der Waals surface area contributed by atoms with Crippen molar-refractivity contribution in [2.75, 3.05) is 43.9 Å². The van der Waals surface area contributed by atoms with Crippen LogP contribution >= 0.6 is 0 Å². The molecule has 2 aromatic carbocycles. The Labute approximate surface area is 199 Å². The second kappa shape index (κ2) is 12.3. The van der Waals surface area contributed by atoms with Gasteiger partial charge >= 0.3 is 11.9 Å². The van der Waals surface area contributed by atoms with Crippen molar-refractivity contribution in [3.8, 4) is 0 Å². The maximum Gasteiger partial charge on any atom is 0.328 e. The molecule has 1 atom stereocenters. The lowest BCUT2D eigenvalue weighted by atomic mass is 10.1. The van der Waals surface area contributed by atoms with Gasteiger partial charge in [-0.2, -0.15) is 0 Å². The summed E-state index contributed by atoms with van der Waals surface area (Å²) in [6, 6.07) is 15.1. The number of hydrogen-bond donors (Lipinski definition) is 3. The summed E-state index contributed by atoms with van der Waals surface area (Å²) in [7, 11) is -3.21. The number of anilines is 1. The highest BCUT2D eigenvalue weighted by atomic mass is 32.2. The first-order valence-electron chi connectivity index (χ1n) is 10.6. The minimum absolute atomic E-state index is 0.278. The van der Waals surface area contributed by atoms with E-state index in [4.69, 9.17) is 10.2 Å². The van der Waals surface area contributed by atoms with E-state index < -0.39 is 27.9 Å². The van der Waals surface area contributed by atoms with Gasteiger partial charge in [0.2, 0.25) is 0 Å². The molecule has 0 bridgehead atoms. The van der Waals surface area contributed by atoms with Gasteiger partial charge < -0.3 is 20.2 Å². The second-order valence-corrected chi connectivity index (χ2v) is 10.0. The first-order valence-corrected chi connectivity index (χ1v) is 12.5. The first kappa shape index (κ1) is 27.0. The molecule has 0 saturated carbocycles. The van der Waals surface area contributed by atoms with Gasteiger partial charge in [-0.25, -0.2) is 18.0 Å². The highest BCUT2D eigenvalue weighted by molar-refractivity contribution is 7.90. The number of aliphatic carboxylic acids is 2. The van der Waals surface area contributed by atoms with E-state index in [1.807, 2.05) is 0 Å². The van der Waals surface area contributed by atoms with Crippen molar-refractivity contribution in [3.05, 3.63) is 71.8 Å². The Balaban J connectivity index is 0.000000440. The molecule has 184 valence electrons. The van der Waals surface area contributed by atoms with Crippen molar-refractivity contribution in [3.63, 3.8) is 0 Å². The summed E-state index contributed by atoms with van der Waals surface area (Å²) in [6.45, 7) is 6.30. The third-order valence-corrected chi connectivity index (χ3v) is 6.39. The lowest BCUT2D eigenvalue weighted by Gasteiger charge is -2.37. The van der Waals surface area contributed by atoms with Gasteiger partial charge in [0, 0.05) is 56.8 Å². The molecule has 2 aromatic rings. The Kier molecular flexibility index (Phi) is 9.79. The third kappa shape index (κ3) is 8.97. The maximum absolute atomic E-state index is 11.5. The standard InChI is InChI=1S/C20H26N2O3S.C4H4O4/c1-16-3-7-18(8-4-16)22-13-11-21(12-14-22)15-20(23)17-5-9-19(10-6-17)26(2,24)25;5-3(6)1-2-4(7)8/h3-10,20,23H,11-15H2,1-2H3;1-2H,(H,5,6)(H,7,8)/b;2-1+. The number of rotatable bonds is 7. The number of nitrogens with zero attached hydrogens (tertiary/aromatic N) is 2. The number of aliphatic hydroxyl groups excluding tert-OH is 1. The average Bonchev–Trinajstić information content (AvgIpc) is 2.79. The Morgan fingerprint density at radius 1 is 0.912 bits per heavy atom. The minimum Gasteiger partial charge on any atom is -0.478 e. The molecule has 3 rings (SSSR count). The molecule has 9 nitrogen and oxygen atoms in total. The number of β-amino-alcohol motifs (C(OH)–C–C–N with tert-alkyl or cyclic N) is 1. The van der Waals surface area contributed by atoms with Crippen LogP contribution in [0.15, 0.2) is 65.6 Å². The van der Waals surface area contributed by atoms with Crippen LogP contribution in [0.2, 0.25) is 0 Å². The predicted octanol–water partition coefficient (Wildman–Crippen LogP) is 1.97. The Hall–Kier alpha value is -3.21. The minimum atomic E-state index is -3.21. The molecule has 3 N–H and O–H groups in total. The lowest BCUT2D eigenvalue weighted by molar-refractivity contribution is -0.134. The van der Waals surface area contributed by atoms with E-state index >= 15 is 0 Å². The number of carboxylic acids is 2. The van der Waals surface area contributed by atoms with Crippen LogP contribution in [0.25, 0.3) is 0 Å². The van der Waals surface area contributed by atoms with E-state index in [0.29, 0.717) is 18.7 Å². The van der Waals surface area contributed by atoms with Gasteiger partial charge in [-0.3, -0.25) is 4.90 Å². The highest BCUT2D eigenvalue weighted by Crippen LogP contribution is 2.20. The lowest BCUT2D eigenvalue weighted by Crippen LogP contribution is -2.47. The normalized spacial score (nSPS) is 15.4. The van der Waals surface area contributed by atoms with Gasteiger partial charge in [-0.1, -0.05) is 29.8 Å². The summed E-state index contributed by atoms with van der Waals surface area (Å²) in [5, 5.41) is 26.1. The van der Waals surface area contributed by atoms with Crippen LogP contribution in [0.3, 0.4) is 0 Å². The summed E-state index contributed by atoms with van der Waals surface area (Å²) in [6.07, 6.45) is 1.69. The molecular weight excluding hydrogens is 460 g/mol. The largest absolute Gasteiger partial charge is 0.478 e. The monoisotopic (exact) mass is 490 g/mol. The van der Waals surface area contributed by atoms with Crippen molar-refractivity contribution in [2.45, 2.75) is 17.9 Å². The molecule has 0 aromatic heterocycles. The average molecular weight is 491 g/mol. The summed E-state index contributed by atoms with van der Waals surface area (Å²) in [5.74, 6) is -2.51. The molecular formula is C24H30N2O7S. The molecule has 1 aliphatic rings. The number of hydrogen-bond acceptors (Lipinski definition) is 7. The SMILES string of the molecule is Cc1ccc(N2CCN(CC(O)c3ccc(S(C)(=O)=O)cc3)CC2)cc1.O=C(O)/C=C/C(=O)O.